The quantitative estimate of drug-likeness (QED) is 0.198. The maximum atomic E-state index is 13.4. The van der Waals surface area contributed by atoms with Crippen molar-refractivity contribution in [3.63, 3.8) is 0 Å². The van der Waals surface area contributed by atoms with Gasteiger partial charge in [-0.05, 0) is 71.5 Å². The molecule has 0 heterocycles. The van der Waals surface area contributed by atoms with Crippen molar-refractivity contribution in [2.45, 2.75) is 33.6 Å². The molecule has 0 saturated heterocycles. The third kappa shape index (κ3) is 6.82. The number of nitrogens with one attached hydrogen (secondary N) is 3. The van der Waals surface area contributed by atoms with Gasteiger partial charge in [0.05, 0.1) is 5.56 Å². The van der Waals surface area contributed by atoms with Gasteiger partial charge in [-0.1, -0.05) is 45.4 Å². The smallest absolute Gasteiger partial charge is 0.336 e. The molecule has 37 heavy (non-hydrogen) atoms. The summed E-state index contributed by atoms with van der Waals surface area (Å²) < 4.78 is 0. The van der Waals surface area contributed by atoms with Crippen LogP contribution in [-0.2, 0) is 6.42 Å². The van der Waals surface area contributed by atoms with E-state index < -0.39 is 11.9 Å². The maximum absolute atomic E-state index is 13.4. The van der Waals surface area contributed by atoms with Crippen molar-refractivity contribution < 1.29 is 19.5 Å². The molecule has 2 amide bonds. The second kappa shape index (κ2) is 12.0. The molecule has 8 heteroatoms. The Kier molecular flexibility index (Phi) is 8.79. The molecule has 0 atom stereocenters. The number of amides is 2. The van der Waals surface area contributed by atoms with Crippen molar-refractivity contribution in [2.24, 2.45) is 11.7 Å². The minimum Gasteiger partial charge on any atom is -0.478 e. The summed E-state index contributed by atoms with van der Waals surface area (Å²) in [6.07, 6.45) is 1.64. The summed E-state index contributed by atoms with van der Waals surface area (Å²) in [6, 6.07) is 16.5. The van der Waals surface area contributed by atoms with E-state index in [-0.39, 0.29) is 28.8 Å². The van der Waals surface area contributed by atoms with Crippen molar-refractivity contribution in [2.75, 3.05) is 11.9 Å². The summed E-state index contributed by atoms with van der Waals surface area (Å²) in [7, 11) is 0. The zero-order valence-electron chi connectivity index (χ0n) is 21.2. The van der Waals surface area contributed by atoms with E-state index in [9.17, 15) is 19.5 Å². The van der Waals surface area contributed by atoms with E-state index in [1.807, 2.05) is 26.8 Å². The van der Waals surface area contributed by atoms with Gasteiger partial charge in [-0.25, -0.2) is 4.79 Å². The van der Waals surface area contributed by atoms with Gasteiger partial charge in [0.25, 0.3) is 11.8 Å². The van der Waals surface area contributed by atoms with Crippen LogP contribution in [0.1, 0.15) is 69.4 Å². The van der Waals surface area contributed by atoms with Crippen molar-refractivity contribution >= 4 is 29.3 Å². The standard InChI is InChI=1S/C29H32N4O4/c1-4-5-18-6-12-22(24(14-18)28(35)33-21-10-7-19(8-11-21)26(30)31)23-13-9-20(15-25(23)29(36)37)27(34)32-16-17(2)3/h6-15,17H,4-5,16H2,1-3H3,(H3,30,31)(H,32,34)(H,33,35)(H,36,37). The second-order valence-electron chi connectivity index (χ2n) is 9.24. The van der Waals surface area contributed by atoms with Gasteiger partial charge in [0.15, 0.2) is 0 Å². The highest BCUT2D eigenvalue weighted by Crippen LogP contribution is 2.30. The summed E-state index contributed by atoms with van der Waals surface area (Å²) in [5.74, 6) is -1.78. The van der Waals surface area contributed by atoms with Crippen LogP contribution in [0.2, 0.25) is 0 Å². The number of nitrogens with two attached hydrogens (primary N) is 1. The fourth-order valence-corrected chi connectivity index (χ4v) is 3.89. The zero-order valence-corrected chi connectivity index (χ0v) is 21.2. The predicted molar refractivity (Wildman–Crippen MR) is 145 cm³/mol. The van der Waals surface area contributed by atoms with Gasteiger partial charge < -0.3 is 21.5 Å². The Balaban J connectivity index is 2.03. The van der Waals surface area contributed by atoms with Gasteiger partial charge in [-0.2, -0.15) is 0 Å². The molecule has 0 saturated carbocycles. The highest BCUT2D eigenvalue weighted by Gasteiger charge is 2.21. The topological polar surface area (TPSA) is 145 Å². The molecule has 3 aromatic carbocycles. The van der Waals surface area contributed by atoms with Gasteiger partial charge >= 0.3 is 5.97 Å². The molecule has 0 unspecified atom stereocenters. The second-order valence-corrected chi connectivity index (χ2v) is 9.24. The molecule has 6 N–H and O–H groups in total. The third-order valence-corrected chi connectivity index (χ3v) is 5.79. The first-order valence-corrected chi connectivity index (χ1v) is 12.1. The first-order valence-electron chi connectivity index (χ1n) is 12.1. The van der Waals surface area contributed by atoms with Gasteiger partial charge in [0.1, 0.15) is 5.84 Å². The Labute approximate surface area is 216 Å². The number of anilines is 1. The average Bonchev–Trinajstić information content (AvgIpc) is 2.87. The maximum Gasteiger partial charge on any atom is 0.336 e. The van der Waals surface area contributed by atoms with Crippen LogP contribution in [0.3, 0.4) is 0 Å². The van der Waals surface area contributed by atoms with Crippen molar-refractivity contribution in [1.29, 1.82) is 5.41 Å². The fraction of sp³-hybridized carbons (Fsp3) is 0.241. The largest absolute Gasteiger partial charge is 0.478 e. The Morgan fingerprint density at radius 2 is 1.51 bits per heavy atom. The lowest BCUT2D eigenvalue weighted by Gasteiger charge is -2.15. The molecule has 0 spiro atoms. The number of carboxylic acids is 1. The first kappa shape index (κ1) is 27.1. The molecule has 192 valence electrons. The molecule has 0 aliphatic carbocycles. The Hall–Kier alpha value is -4.46. The number of hydrogen-bond acceptors (Lipinski definition) is 4. The summed E-state index contributed by atoms with van der Waals surface area (Å²) in [5.41, 5.74) is 8.78. The van der Waals surface area contributed by atoms with Crippen LogP contribution in [0, 0.1) is 11.3 Å². The minimum atomic E-state index is -1.20. The third-order valence-electron chi connectivity index (χ3n) is 5.79. The highest BCUT2D eigenvalue weighted by atomic mass is 16.4. The predicted octanol–water partition coefficient (Wildman–Crippen LogP) is 4.93. The van der Waals surface area contributed by atoms with E-state index in [1.165, 1.54) is 6.07 Å². The number of aryl methyl sites for hydroxylation is 1. The zero-order chi connectivity index (χ0) is 27.1. The van der Waals surface area contributed by atoms with Gasteiger partial charge in [0, 0.05) is 28.9 Å². The molecule has 0 bridgehead atoms. The summed E-state index contributed by atoms with van der Waals surface area (Å²) in [5, 5.41) is 23.1. The van der Waals surface area contributed by atoms with Gasteiger partial charge in [-0.3, -0.25) is 15.0 Å². The Morgan fingerprint density at radius 3 is 2.11 bits per heavy atom. The van der Waals surface area contributed by atoms with E-state index in [4.69, 9.17) is 11.1 Å². The van der Waals surface area contributed by atoms with Crippen molar-refractivity contribution in [3.8, 4) is 11.1 Å². The lowest BCUT2D eigenvalue weighted by atomic mass is 9.91. The van der Waals surface area contributed by atoms with Crippen LogP contribution < -0.4 is 16.4 Å². The van der Waals surface area contributed by atoms with Crippen LogP contribution >= 0.6 is 0 Å². The number of carbonyl (C=O) groups is 3. The van der Waals surface area contributed by atoms with Crippen LogP contribution in [0.5, 0.6) is 0 Å². The molecular weight excluding hydrogens is 468 g/mol. The van der Waals surface area contributed by atoms with E-state index in [2.05, 4.69) is 10.6 Å². The highest BCUT2D eigenvalue weighted by molar-refractivity contribution is 6.11. The fourth-order valence-electron chi connectivity index (χ4n) is 3.89. The van der Waals surface area contributed by atoms with Crippen molar-refractivity contribution in [3.05, 3.63) is 88.5 Å². The van der Waals surface area contributed by atoms with Crippen LogP contribution in [0.25, 0.3) is 11.1 Å². The van der Waals surface area contributed by atoms with E-state index in [0.717, 1.165) is 18.4 Å². The number of amidine groups is 1. The number of carboxylic acid groups (broad SMARTS) is 1. The van der Waals surface area contributed by atoms with Gasteiger partial charge in [-0.15, -0.1) is 0 Å². The molecule has 3 aromatic rings. The summed E-state index contributed by atoms with van der Waals surface area (Å²) in [4.78, 5) is 38.1. The molecule has 0 fully saturated rings. The average molecular weight is 501 g/mol. The van der Waals surface area contributed by atoms with Crippen LogP contribution in [0.15, 0.2) is 60.7 Å². The van der Waals surface area contributed by atoms with E-state index >= 15 is 0 Å². The SMILES string of the molecule is CCCc1ccc(-c2ccc(C(=O)NCC(C)C)cc2C(=O)O)c(C(=O)Nc2ccc(C(=N)N)cc2)c1. The van der Waals surface area contributed by atoms with E-state index in [1.54, 1.807) is 48.5 Å². The number of benzene rings is 3. The van der Waals surface area contributed by atoms with Gasteiger partial charge in [0.2, 0.25) is 0 Å². The summed E-state index contributed by atoms with van der Waals surface area (Å²) >= 11 is 0. The molecule has 3 rings (SSSR count). The monoisotopic (exact) mass is 500 g/mol. The van der Waals surface area contributed by atoms with Crippen molar-refractivity contribution in [1.82, 2.24) is 5.32 Å². The molecular formula is C29H32N4O4. The molecule has 0 aliphatic heterocycles. The lowest BCUT2D eigenvalue weighted by Crippen LogP contribution is -2.27. The minimum absolute atomic E-state index is 0.0692. The van der Waals surface area contributed by atoms with Crippen LogP contribution in [0.4, 0.5) is 5.69 Å². The summed E-state index contributed by atoms with van der Waals surface area (Å²) in [6.45, 7) is 6.45. The number of rotatable bonds is 10. The lowest BCUT2D eigenvalue weighted by molar-refractivity contribution is 0.0697. The first-order chi connectivity index (χ1) is 17.6. The molecule has 8 nitrogen and oxygen atoms in total. The molecule has 0 radical (unpaired) electrons. The Morgan fingerprint density at radius 1 is 0.892 bits per heavy atom. The normalized spacial score (nSPS) is 10.7. The number of hydrogen-bond donors (Lipinski definition) is 5. The van der Waals surface area contributed by atoms with Crippen LogP contribution in [-0.4, -0.2) is 35.3 Å². The molecule has 0 aliphatic rings. The number of nitrogen functional groups attached to an aromatic ring is 1. The van der Waals surface area contributed by atoms with E-state index in [0.29, 0.717) is 34.5 Å². The number of carbonyl (C=O) groups excluding carboxylic acids is 2. The molecule has 0 aromatic heterocycles. The Bertz CT molecular complexity index is 1330. The number of aromatic carboxylic acids is 1.